The predicted molar refractivity (Wildman–Crippen MR) is 43.7 cm³/mol. The molecule has 0 atom stereocenters. The number of halogens is 3. The normalized spacial score (nSPS) is 11.6. The van der Waals surface area contributed by atoms with E-state index in [0.29, 0.717) is 4.47 Å². The van der Waals surface area contributed by atoms with Gasteiger partial charge in [0.05, 0.1) is 0 Å². The van der Waals surface area contributed by atoms with Gasteiger partial charge >= 0.3 is 0 Å². The zero-order chi connectivity index (χ0) is 8.48. The van der Waals surface area contributed by atoms with Gasteiger partial charge in [-0.25, -0.2) is 8.78 Å². The van der Waals surface area contributed by atoms with Gasteiger partial charge in [-0.15, -0.1) is 0 Å². The molecule has 0 saturated carbocycles. The first-order valence-electron chi connectivity index (χ1n) is 3.14. The average Bonchev–Trinajstić information content (AvgIpc) is 1.86. The molecular formula is C8H7BrF2. The predicted octanol–water partition coefficient (Wildman–Crippen LogP) is 3.56. The summed E-state index contributed by atoms with van der Waals surface area (Å²) in [4.78, 5) is 0. The minimum absolute atomic E-state index is 0.0278. The van der Waals surface area contributed by atoms with Gasteiger partial charge in [0.25, 0.3) is 5.92 Å². The second kappa shape index (κ2) is 2.89. The number of rotatable bonds is 1. The van der Waals surface area contributed by atoms with E-state index < -0.39 is 5.92 Å². The molecule has 1 rings (SSSR count). The molecule has 0 saturated heterocycles. The zero-order valence-corrected chi connectivity index (χ0v) is 7.53. The Morgan fingerprint density at radius 1 is 1.27 bits per heavy atom. The maximum absolute atomic E-state index is 12.7. The molecule has 0 nitrogen and oxygen atoms in total. The van der Waals surface area contributed by atoms with E-state index in [1.165, 1.54) is 6.07 Å². The zero-order valence-electron chi connectivity index (χ0n) is 5.94. The van der Waals surface area contributed by atoms with Crippen molar-refractivity contribution in [3.8, 4) is 0 Å². The first-order valence-corrected chi connectivity index (χ1v) is 3.94. The lowest BCUT2D eigenvalue weighted by atomic mass is 10.1. The molecular weight excluding hydrogens is 214 g/mol. The van der Waals surface area contributed by atoms with Gasteiger partial charge in [-0.05, 0) is 6.07 Å². The monoisotopic (exact) mass is 220 g/mol. The molecule has 0 fully saturated rings. The molecule has 3 heteroatoms. The van der Waals surface area contributed by atoms with Crippen LogP contribution in [0.4, 0.5) is 8.78 Å². The number of alkyl halides is 2. The second-order valence-electron chi connectivity index (χ2n) is 2.37. The molecule has 60 valence electrons. The number of hydrogen-bond acceptors (Lipinski definition) is 0. The molecule has 0 N–H and O–H groups in total. The van der Waals surface area contributed by atoms with Crippen molar-refractivity contribution >= 4 is 15.9 Å². The van der Waals surface area contributed by atoms with Crippen LogP contribution in [0.3, 0.4) is 0 Å². The highest BCUT2D eigenvalue weighted by Gasteiger charge is 2.25. The van der Waals surface area contributed by atoms with Crippen LogP contribution >= 0.6 is 15.9 Å². The fraction of sp³-hybridized carbons (Fsp3) is 0.250. The molecule has 0 spiro atoms. The second-order valence-corrected chi connectivity index (χ2v) is 3.22. The van der Waals surface area contributed by atoms with Gasteiger partial charge in [0, 0.05) is 17.0 Å². The standard InChI is InChI=1S/C8H7BrF2/c1-8(10,11)6-4-2-3-5-7(6)9/h2-5H,1H3. The molecule has 0 unspecified atom stereocenters. The fourth-order valence-corrected chi connectivity index (χ4v) is 1.45. The van der Waals surface area contributed by atoms with Crippen LogP contribution in [0.1, 0.15) is 12.5 Å². The smallest absolute Gasteiger partial charge is 0.202 e. The lowest BCUT2D eigenvalue weighted by molar-refractivity contribution is 0.0167. The Morgan fingerprint density at radius 2 is 1.82 bits per heavy atom. The SMILES string of the molecule is CC(F)(F)c1ccccc1Br. The average molecular weight is 221 g/mol. The summed E-state index contributed by atoms with van der Waals surface area (Å²) in [5.41, 5.74) is 0.0278. The molecule has 11 heavy (non-hydrogen) atoms. The number of hydrogen-bond donors (Lipinski definition) is 0. The van der Waals surface area contributed by atoms with E-state index in [1.807, 2.05) is 0 Å². The van der Waals surface area contributed by atoms with Crippen molar-refractivity contribution < 1.29 is 8.78 Å². The highest BCUT2D eigenvalue weighted by molar-refractivity contribution is 9.10. The molecule has 0 aromatic heterocycles. The van der Waals surface area contributed by atoms with E-state index in [9.17, 15) is 8.78 Å². The molecule has 0 aliphatic heterocycles. The van der Waals surface area contributed by atoms with Gasteiger partial charge in [0.1, 0.15) is 0 Å². The highest BCUT2D eigenvalue weighted by Crippen LogP contribution is 2.32. The highest BCUT2D eigenvalue weighted by atomic mass is 79.9. The van der Waals surface area contributed by atoms with Gasteiger partial charge < -0.3 is 0 Å². The van der Waals surface area contributed by atoms with Gasteiger partial charge in [-0.3, -0.25) is 0 Å². The summed E-state index contributed by atoms with van der Waals surface area (Å²) in [7, 11) is 0. The van der Waals surface area contributed by atoms with Crippen LogP contribution in [-0.2, 0) is 5.92 Å². The Kier molecular flexibility index (Phi) is 2.28. The largest absolute Gasteiger partial charge is 0.271 e. The van der Waals surface area contributed by atoms with E-state index in [0.717, 1.165) is 6.92 Å². The fourth-order valence-electron chi connectivity index (χ4n) is 0.817. The van der Waals surface area contributed by atoms with Crippen molar-refractivity contribution in [2.45, 2.75) is 12.8 Å². The Balaban J connectivity index is 3.14. The van der Waals surface area contributed by atoms with Gasteiger partial charge in [-0.1, -0.05) is 34.1 Å². The van der Waals surface area contributed by atoms with Gasteiger partial charge in [0.15, 0.2) is 0 Å². The van der Waals surface area contributed by atoms with E-state index in [-0.39, 0.29) is 5.56 Å². The van der Waals surface area contributed by atoms with E-state index in [1.54, 1.807) is 18.2 Å². The molecule has 1 aromatic carbocycles. The van der Waals surface area contributed by atoms with Crippen LogP contribution in [0.5, 0.6) is 0 Å². The van der Waals surface area contributed by atoms with Crippen molar-refractivity contribution in [3.05, 3.63) is 34.3 Å². The van der Waals surface area contributed by atoms with Gasteiger partial charge in [0.2, 0.25) is 0 Å². The lowest BCUT2D eigenvalue weighted by Crippen LogP contribution is -2.07. The van der Waals surface area contributed by atoms with Crippen molar-refractivity contribution in [1.29, 1.82) is 0 Å². The molecule has 0 heterocycles. The molecule has 0 aliphatic carbocycles. The molecule has 0 amide bonds. The van der Waals surface area contributed by atoms with Crippen LogP contribution in [0.15, 0.2) is 28.7 Å². The molecule has 0 radical (unpaired) electrons. The Morgan fingerprint density at radius 3 is 2.18 bits per heavy atom. The Bertz CT molecular complexity index is 253. The topological polar surface area (TPSA) is 0 Å². The lowest BCUT2D eigenvalue weighted by Gasteiger charge is -2.11. The first-order chi connectivity index (χ1) is 5.02. The quantitative estimate of drug-likeness (QED) is 0.680. The summed E-state index contributed by atoms with van der Waals surface area (Å²) in [6.45, 7) is 0.882. The van der Waals surface area contributed by atoms with Crippen molar-refractivity contribution in [3.63, 3.8) is 0 Å². The van der Waals surface area contributed by atoms with Crippen molar-refractivity contribution in [1.82, 2.24) is 0 Å². The van der Waals surface area contributed by atoms with E-state index >= 15 is 0 Å². The Hall–Kier alpha value is -0.440. The molecule has 0 bridgehead atoms. The van der Waals surface area contributed by atoms with Gasteiger partial charge in [-0.2, -0.15) is 0 Å². The van der Waals surface area contributed by atoms with Crippen LogP contribution in [0.2, 0.25) is 0 Å². The summed E-state index contributed by atoms with van der Waals surface area (Å²) in [5, 5.41) is 0. The maximum Gasteiger partial charge on any atom is 0.271 e. The minimum Gasteiger partial charge on any atom is -0.202 e. The van der Waals surface area contributed by atoms with E-state index in [2.05, 4.69) is 15.9 Å². The summed E-state index contributed by atoms with van der Waals surface area (Å²) in [5.74, 6) is -2.76. The number of benzene rings is 1. The third-order valence-corrected chi connectivity index (χ3v) is 2.04. The van der Waals surface area contributed by atoms with Crippen molar-refractivity contribution in [2.75, 3.05) is 0 Å². The van der Waals surface area contributed by atoms with E-state index in [4.69, 9.17) is 0 Å². The third-order valence-electron chi connectivity index (χ3n) is 1.35. The summed E-state index contributed by atoms with van der Waals surface area (Å²) < 4.78 is 25.8. The maximum atomic E-state index is 12.7. The first kappa shape index (κ1) is 8.65. The summed E-state index contributed by atoms with van der Waals surface area (Å²) in [6, 6.07) is 6.31. The molecule has 0 aliphatic rings. The third kappa shape index (κ3) is 1.99. The minimum atomic E-state index is -2.76. The van der Waals surface area contributed by atoms with Crippen LogP contribution < -0.4 is 0 Å². The molecule has 1 aromatic rings. The van der Waals surface area contributed by atoms with Crippen LogP contribution in [0, 0.1) is 0 Å². The van der Waals surface area contributed by atoms with Crippen LogP contribution in [-0.4, -0.2) is 0 Å². The summed E-state index contributed by atoms with van der Waals surface area (Å²) in [6.07, 6.45) is 0. The van der Waals surface area contributed by atoms with Crippen LogP contribution in [0.25, 0.3) is 0 Å². The summed E-state index contributed by atoms with van der Waals surface area (Å²) >= 11 is 3.05. The Labute approximate surface area is 72.4 Å². The van der Waals surface area contributed by atoms with Crippen molar-refractivity contribution in [2.24, 2.45) is 0 Å².